The van der Waals surface area contributed by atoms with Gasteiger partial charge in [0.2, 0.25) is 0 Å². The maximum absolute atomic E-state index is 14.0. The van der Waals surface area contributed by atoms with Crippen LogP contribution >= 0.6 is 7.82 Å². The summed E-state index contributed by atoms with van der Waals surface area (Å²) in [6.45, 7) is 1.01. The molecule has 3 rings (SSSR count). The second kappa shape index (κ2) is 42.1. The molecule has 2 aliphatic heterocycles. The molecule has 0 aromatic carbocycles. The molecule has 16 unspecified atom stereocenters. The van der Waals surface area contributed by atoms with E-state index in [2.05, 4.69) is 26.0 Å². The predicted octanol–water partition coefficient (Wildman–Crippen LogP) is 4.71. The van der Waals surface area contributed by atoms with Crippen LogP contribution in [-0.4, -0.2) is 204 Å². The van der Waals surface area contributed by atoms with Gasteiger partial charge in [0, 0.05) is 12.8 Å². The quantitative estimate of drug-likeness (QED) is 0.0170. The normalized spacial score (nSPS) is 31.0. The van der Waals surface area contributed by atoms with Crippen molar-refractivity contribution >= 4 is 19.8 Å². The van der Waals surface area contributed by atoms with E-state index < -0.39 is 150 Å². The molecule has 476 valence electrons. The van der Waals surface area contributed by atoms with Gasteiger partial charge in [0.1, 0.15) is 92.1 Å². The number of phosphoric ester groups is 1. The van der Waals surface area contributed by atoms with Gasteiger partial charge in [-0.25, -0.2) is 4.57 Å². The van der Waals surface area contributed by atoms with Gasteiger partial charge in [-0.05, 0) is 38.5 Å². The fourth-order valence-corrected chi connectivity index (χ4v) is 11.2. The van der Waals surface area contributed by atoms with Crippen LogP contribution in [0.15, 0.2) is 12.2 Å². The van der Waals surface area contributed by atoms with E-state index >= 15 is 0 Å². The Morgan fingerprint density at radius 3 is 1.22 bits per heavy atom. The molecular weight excluding hydrogens is 1080 g/mol. The molecule has 24 heteroatoms. The second-order valence-corrected chi connectivity index (χ2v) is 23.6. The Morgan fingerprint density at radius 1 is 0.457 bits per heavy atom. The lowest BCUT2D eigenvalue weighted by molar-refractivity contribution is -0.360. The minimum Gasteiger partial charge on any atom is -0.462 e. The number of phosphoric acid groups is 1. The first-order valence-electron chi connectivity index (χ1n) is 30.5. The molecule has 0 radical (unpaired) electrons. The summed E-state index contributed by atoms with van der Waals surface area (Å²) in [6.07, 6.45) is 0.441. The largest absolute Gasteiger partial charge is 0.472 e. The van der Waals surface area contributed by atoms with Crippen molar-refractivity contribution in [3.05, 3.63) is 12.2 Å². The van der Waals surface area contributed by atoms with E-state index in [1.54, 1.807) is 0 Å². The monoisotopic (exact) mass is 1190 g/mol. The van der Waals surface area contributed by atoms with Gasteiger partial charge in [-0.15, -0.1) is 0 Å². The summed E-state index contributed by atoms with van der Waals surface area (Å²) < 4.78 is 58.2. The molecule has 0 amide bonds. The average Bonchev–Trinajstić information content (AvgIpc) is 3.48. The van der Waals surface area contributed by atoms with Crippen LogP contribution in [0.25, 0.3) is 0 Å². The number of rotatable bonds is 45. The Morgan fingerprint density at radius 2 is 0.815 bits per heavy atom. The summed E-state index contributed by atoms with van der Waals surface area (Å²) in [5.41, 5.74) is 0. The topological polar surface area (TPSA) is 368 Å². The lowest BCUT2D eigenvalue weighted by atomic mass is 9.84. The lowest BCUT2D eigenvalue weighted by Gasteiger charge is -2.49. The van der Waals surface area contributed by atoms with Crippen molar-refractivity contribution in [1.82, 2.24) is 0 Å². The predicted molar refractivity (Wildman–Crippen MR) is 296 cm³/mol. The Balaban J connectivity index is 1.69. The van der Waals surface area contributed by atoms with Crippen LogP contribution in [0, 0.1) is 0 Å². The molecule has 2 heterocycles. The van der Waals surface area contributed by atoms with Gasteiger partial charge in [-0.2, -0.15) is 0 Å². The molecule has 23 nitrogen and oxygen atoms in total. The number of allylic oxidation sites excluding steroid dienone is 2. The van der Waals surface area contributed by atoms with E-state index in [4.69, 9.17) is 37.5 Å². The molecular formula is C57H105O23P. The number of ether oxygens (including phenoxy) is 6. The van der Waals surface area contributed by atoms with E-state index in [-0.39, 0.29) is 12.8 Å². The summed E-state index contributed by atoms with van der Waals surface area (Å²) >= 11 is 0. The molecule has 16 atom stereocenters. The number of unbranched alkanes of at least 4 members (excludes halogenated alkanes) is 25. The number of carbonyl (C=O) groups excluding carboxylic acids is 2. The zero-order valence-corrected chi connectivity index (χ0v) is 49.2. The number of carbonyl (C=O) groups is 2. The van der Waals surface area contributed by atoms with Crippen molar-refractivity contribution in [2.75, 3.05) is 26.4 Å². The maximum Gasteiger partial charge on any atom is 0.472 e. The van der Waals surface area contributed by atoms with Gasteiger partial charge in [0.05, 0.1) is 19.8 Å². The first-order valence-corrected chi connectivity index (χ1v) is 32.0. The van der Waals surface area contributed by atoms with Crippen molar-refractivity contribution in [2.45, 2.75) is 311 Å². The van der Waals surface area contributed by atoms with Gasteiger partial charge in [-0.1, -0.05) is 167 Å². The van der Waals surface area contributed by atoms with E-state index in [0.717, 1.165) is 64.2 Å². The molecule has 12 N–H and O–H groups in total. The van der Waals surface area contributed by atoms with E-state index in [1.807, 2.05) is 0 Å². The summed E-state index contributed by atoms with van der Waals surface area (Å²) in [5.74, 6) is -1.34. The lowest BCUT2D eigenvalue weighted by Crippen LogP contribution is -2.69. The highest BCUT2D eigenvalue weighted by Crippen LogP contribution is 2.49. The van der Waals surface area contributed by atoms with Crippen molar-refractivity contribution in [3.63, 3.8) is 0 Å². The summed E-state index contributed by atoms with van der Waals surface area (Å²) in [5, 5.41) is 117. The van der Waals surface area contributed by atoms with Crippen LogP contribution in [0.2, 0.25) is 0 Å². The highest BCUT2D eigenvalue weighted by molar-refractivity contribution is 7.47. The fourth-order valence-electron chi connectivity index (χ4n) is 10.2. The number of aliphatic hydroxyl groups is 11. The fraction of sp³-hybridized carbons (Fsp3) is 0.930. The van der Waals surface area contributed by atoms with Crippen LogP contribution in [0.5, 0.6) is 0 Å². The molecule has 0 spiro atoms. The summed E-state index contributed by atoms with van der Waals surface area (Å²) in [4.78, 5) is 37.5. The third-order valence-corrected chi connectivity index (χ3v) is 16.3. The van der Waals surface area contributed by atoms with Crippen LogP contribution in [0.4, 0.5) is 0 Å². The third-order valence-electron chi connectivity index (χ3n) is 15.3. The van der Waals surface area contributed by atoms with E-state index in [0.29, 0.717) is 12.8 Å². The van der Waals surface area contributed by atoms with E-state index in [1.165, 1.54) is 103 Å². The maximum atomic E-state index is 14.0. The molecule has 0 aromatic rings. The van der Waals surface area contributed by atoms with Crippen molar-refractivity contribution in [3.8, 4) is 0 Å². The molecule has 0 bridgehead atoms. The number of hydrogen-bond acceptors (Lipinski definition) is 22. The van der Waals surface area contributed by atoms with Gasteiger partial charge in [0.25, 0.3) is 0 Å². The van der Waals surface area contributed by atoms with Crippen LogP contribution in [-0.2, 0) is 51.6 Å². The molecule has 1 saturated carbocycles. The van der Waals surface area contributed by atoms with Crippen LogP contribution in [0.3, 0.4) is 0 Å². The number of esters is 2. The van der Waals surface area contributed by atoms with Gasteiger partial charge >= 0.3 is 19.8 Å². The molecule has 2 saturated heterocycles. The Hall–Kier alpha value is -1.81. The Kier molecular flexibility index (Phi) is 38.2. The third kappa shape index (κ3) is 27.6. The smallest absolute Gasteiger partial charge is 0.462 e. The first kappa shape index (κ1) is 73.4. The first-order chi connectivity index (χ1) is 38.9. The number of hydrogen-bond donors (Lipinski definition) is 12. The SMILES string of the molecule is CCCCCCCCCC=CCCCCCC(=O)OCC(COP(=O)(O)OC1C(OC2OC(CO)C(O)C(O)C2O)C(O)C(O)C(O)C1OC1OC(CO)C(O)C(O)C1O)OC(=O)CCCCCCCCCCCCCCCCCC. The summed E-state index contributed by atoms with van der Waals surface area (Å²) in [7, 11) is -5.64. The second-order valence-electron chi connectivity index (χ2n) is 22.2. The minimum atomic E-state index is -5.64. The van der Waals surface area contributed by atoms with Crippen molar-refractivity contribution in [2.24, 2.45) is 0 Å². The molecule has 3 fully saturated rings. The standard InChI is InChI=1S/C57H105O23P/c1-3-5-7-9-11-13-15-17-19-20-22-24-26-28-30-32-34-43(61)75-39(37-73-42(60)33-31-29-27-25-23-21-18-16-14-12-10-8-6-4-2)38-74-81(71,72)80-55-53(78-56-51(69)46(64)44(62)40(35-58)76-56)49(67)48(66)50(68)54(55)79-57-52(70)47(65)45(63)41(36-59)77-57/h21,23,39-41,44-59,62-70H,3-20,22,24-38H2,1-2H3,(H,71,72). The van der Waals surface area contributed by atoms with Gasteiger partial charge in [-0.3, -0.25) is 18.6 Å². The minimum absolute atomic E-state index is 0.0300. The van der Waals surface area contributed by atoms with Crippen LogP contribution < -0.4 is 0 Å². The Labute approximate surface area is 480 Å². The highest BCUT2D eigenvalue weighted by atomic mass is 31.2. The molecule has 1 aliphatic carbocycles. The van der Waals surface area contributed by atoms with Gasteiger partial charge < -0.3 is 89.5 Å². The summed E-state index contributed by atoms with van der Waals surface area (Å²) in [6, 6.07) is 0. The molecule has 0 aromatic heterocycles. The number of aliphatic hydroxyl groups excluding tert-OH is 11. The van der Waals surface area contributed by atoms with Crippen molar-refractivity contribution in [1.29, 1.82) is 0 Å². The van der Waals surface area contributed by atoms with Gasteiger partial charge in [0.15, 0.2) is 18.7 Å². The average molecular weight is 1190 g/mol. The molecule has 3 aliphatic rings. The highest BCUT2D eigenvalue weighted by Gasteiger charge is 2.58. The zero-order chi connectivity index (χ0) is 59.6. The zero-order valence-electron chi connectivity index (χ0n) is 48.3. The molecule has 81 heavy (non-hydrogen) atoms. The van der Waals surface area contributed by atoms with Crippen LogP contribution in [0.1, 0.15) is 206 Å². The van der Waals surface area contributed by atoms with Crippen molar-refractivity contribution < 1.29 is 113 Å². The van der Waals surface area contributed by atoms with E-state index in [9.17, 15) is 75.2 Å². The Bertz CT molecular complexity index is 1660.